The molecule has 1 heterocycles. The van der Waals surface area contributed by atoms with Gasteiger partial charge in [-0.05, 0) is 43.5 Å². The maximum Gasteiger partial charge on any atom is 0.126 e. The van der Waals surface area contributed by atoms with Gasteiger partial charge < -0.3 is 4.74 Å². The van der Waals surface area contributed by atoms with E-state index in [2.05, 4.69) is 38.1 Å². The molecule has 1 aromatic rings. The van der Waals surface area contributed by atoms with Gasteiger partial charge in [0.25, 0.3) is 0 Å². The fourth-order valence-corrected chi connectivity index (χ4v) is 1.51. The Kier molecular flexibility index (Phi) is 2.09. The quantitative estimate of drug-likeness (QED) is 0.587. The Labute approximate surface area is 79.0 Å². The summed E-state index contributed by atoms with van der Waals surface area (Å²) in [5.74, 6) is 1.02. The molecule has 0 atom stereocenters. The molecule has 0 radical (unpaired) electrons. The molecule has 1 aliphatic heterocycles. The topological polar surface area (TPSA) is 9.23 Å². The molecule has 0 N–H and O–H groups in total. The molecule has 1 aliphatic rings. The molecule has 1 nitrogen and oxygen atoms in total. The highest BCUT2D eigenvalue weighted by Gasteiger charge is 2.05. The number of ether oxygens (including phenoxy) is 1. The van der Waals surface area contributed by atoms with E-state index in [4.69, 9.17) is 4.74 Å². The molecule has 0 unspecified atom stereocenters. The minimum atomic E-state index is 0.798. The number of rotatable bonds is 0. The Bertz CT molecular complexity index is 350. The minimum absolute atomic E-state index is 0.798. The smallest absolute Gasteiger partial charge is 0.126 e. The summed E-state index contributed by atoms with van der Waals surface area (Å²) < 4.78 is 5.62. The van der Waals surface area contributed by atoms with Crippen LogP contribution in [0.3, 0.4) is 0 Å². The number of fused-ring (bicyclic) bond motifs is 1. The van der Waals surface area contributed by atoms with Gasteiger partial charge in [0.2, 0.25) is 0 Å². The number of aryl methyl sites for hydroxylation is 2. The van der Waals surface area contributed by atoms with Crippen molar-refractivity contribution in [1.82, 2.24) is 0 Å². The van der Waals surface area contributed by atoms with Crippen molar-refractivity contribution in [3.05, 3.63) is 34.9 Å². The Morgan fingerprint density at radius 1 is 1.15 bits per heavy atom. The second-order valence-corrected chi connectivity index (χ2v) is 3.51. The van der Waals surface area contributed by atoms with E-state index < -0.39 is 0 Å². The van der Waals surface area contributed by atoms with Gasteiger partial charge in [0.05, 0.1) is 6.61 Å². The molecule has 1 aromatic carbocycles. The van der Waals surface area contributed by atoms with Crippen LogP contribution < -0.4 is 4.74 Å². The zero-order chi connectivity index (χ0) is 9.26. The molecule has 0 bridgehead atoms. The summed E-state index contributed by atoms with van der Waals surface area (Å²) in [4.78, 5) is 0. The van der Waals surface area contributed by atoms with Gasteiger partial charge in [0.15, 0.2) is 0 Å². The standard InChI is InChI=1S/C12H14O/c1-9-7-11-5-3-4-6-13-12(11)8-10(9)2/h3,5,7-8H,4,6H2,1-2H3. The lowest BCUT2D eigenvalue weighted by molar-refractivity contribution is 0.326. The van der Waals surface area contributed by atoms with Gasteiger partial charge in [0, 0.05) is 5.56 Å². The average molecular weight is 174 g/mol. The van der Waals surface area contributed by atoms with Crippen molar-refractivity contribution in [2.24, 2.45) is 0 Å². The Morgan fingerprint density at radius 3 is 2.77 bits per heavy atom. The third-order valence-electron chi connectivity index (χ3n) is 2.47. The highest BCUT2D eigenvalue weighted by atomic mass is 16.5. The van der Waals surface area contributed by atoms with Crippen molar-refractivity contribution in [1.29, 1.82) is 0 Å². The molecule has 0 aliphatic carbocycles. The molecule has 0 saturated heterocycles. The van der Waals surface area contributed by atoms with E-state index in [0.29, 0.717) is 0 Å². The summed E-state index contributed by atoms with van der Waals surface area (Å²) in [5, 5.41) is 0. The van der Waals surface area contributed by atoms with Crippen LogP contribution in [0.5, 0.6) is 5.75 Å². The van der Waals surface area contributed by atoms with E-state index in [1.807, 2.05) is 0 Å². The molecular formula is C12H14O. The van der Waals surface area contributed by atoms with Crippen molar-refractivity contribution in [2.45, 2.75) is 20.3 Å². The zero-order valence-electron chi connectivity index (χ0n) is 8.13. The van der Waals surface area contributed by atoms with E-state index in [1.54, 1.807) is 0 Å². The number of hydrogen-bond donors (Lipinski definition) is 0. The SMILES string of the molecule is Cc1cc2c(cc1C)OCCC=C2. The van der Waals surface area contributed by atoms with Gasteiger partial charge in [-0.25, -0.2) is 0 Å². The minimum Gasteiger partial charge on any atom is -0.493 e. The van der Waals surface area contributed by atoms with Gasteiger partial charge in [-0.15, -0.1) is 0 Å². The summed E-state index contributed by atoms with van der Waals surface area (Å²) in [5.41, 5.74) is 3.84. The van der Waals surface area contributed by atoms with Crippen LogP contribution in [0.1, 0.15) is 23.1 Å². The van der Waals surface area contributed by atoms with Crippen molar-refractivity contribution in [3.63, 3.8) is 0 Å². The third kappa shape index (κ3) is 1.59. The largest absolute Gasteiger partial charge is 0.493 e. The molecule has 0 saturated carbocycles. The van der Waals surface area contributed by atoms with E-state index in [1.165, 1.54) is 16.7 Å². The van der Waals surface area contributed by atoms with E-state index in [9.17, 15) is 0 Å². The van der Waals surface area contributed by atoms with Crippen LogP contribution >= 0.6 is 0 Å². The summed E-state index contributed by atoms with van der Waals surface area (Å²) in [7, 11) is 0. The van der Waals surface area contributed by atoms with Crippen LogP contribution in [0.2, 0.25) is 0 Å². The lowest BCUT2D eigenvalue weighted by Gasteiger charge is -2.09. The molecule has 0 fully saturated rings. The molecule has 68 valence electrons. The molecule has 13 heavy (non-hydrogen) atoms. The molecular weight excluding hydrogens is 160 g/mol. The van der Waals surface area contributed by atoms with Crippen LogP contribution in [-0.4, -0.2) is 6.61 Å². The molecule has 2 rings (SSSR count). The van der Waals surface area contributed by atoms with E-state index >= 15 is 0 Å². The predicted octanol–water partition coefficient (Wildman–Crippen LogP) is 3.10. The van der Waals surface area contributed by atoms with Gasteiger partial charge in [-0.3, -0.25) is 0 Å². The third-order valence-corrected chi connectivity index (χ3v) is 2.47. The normalized spacial score (nSPS) is 14.6. The predicted molar refractivity (Wildman–Crippen MR) is 55.1 cm³/mol. The summed E-state index contributed by atoms with van der Waals surface area (Å²) in [6.07, 6.45) is 5.32. The first-order valence-corrected chi connectivity index (χ1v) is 4.68. The van der Waals surface area contributed by atoms with Crippen molar-refractivity contribution < 1.29 is 4.74 Å². The second-order valence-electron chi connectivity index (χ2n) is 3.51. The van der Waals surface area contributed by atoms with E-state index in [-0.39, 0.29) is 0 Å². The molecule has 0 amide bonds. The average Bonchev–Trinajstić information content (AvgIpc) is 2.31. The van der Waals surface area contributed by atoms with Gasteiger partial charge in [0.1, 0.15) is 5.75 Å². The summed E-state index contributed by atoms with van der Waals surface area (Å²) >= 11 is 0. The zero-order valence-corrected chi connectivity index (χ0v) is 8.13. The fourth-order valence-electron chi connectivity index (χ4n) is 1.51. The van der Waals surface area contributed by atoms with Crippen molar-refractivity contribution in [2.75, 3.05) is 6.61 Å². The second kappa shape index (κ2) is 3.25. The molecule has 1 heteroatoms. The van der Waals surface area contributed by atoms with Crippen molar-refractivity contribution >= 4 is 6.08 Å². The van der Waals surface area contributed by atoms with Crippen LogP contribution in [-0.2, 0) is 0 Å². The first kappa shape index (κ1) is 8.36. The van der Waals surface area contributed by atoms with Gasteiger partial charge >= 0.3 is 0 Å². The summed E-state index contributed by atoms with van der Waals surface area (Å²) in [6.45, 7) is 5.05. The van der Waals surface area contributed by atoms with Crippen LogP contribution in [0.15, 0.2) is 18.2 Å². The van der Waals surface area contributed by atoms with Gasteiger partial charge in [-0.1, -0.05) is 12.2 Å². The highest BCUT2D eigenvalue weighted by molar-refractivity contribution is 5.60. The number of benzene rings is 1. The lowest BCUT2D eigenvalue weighted by atomic mass is 10.0. The Hall–Kier alpha value is -1.24. The van der Waals surface area contributed by atoms with E-state index in [0.717, 1.165) is 18.8 Å². The monoisotopic (exact) mass is 174 g/mol. The fraction of sp³-hybridized carbons (Fsp3) is 0.333. The summed E-state index contributed by atoms with van der Waals surface area (Å²) in [6, 6.07) is 4.31. The van der Waals surface area contributed by atoms with Crippen LogP contribution in [0.4, 0.5) is 0 Å². The Morgan fingerprint density at radius 2 is 1.92 bits per heavy atom. The first-order chi connectivity index (χ1) is 6.27. The maximum absolute atomic E-state index is 5.62. The van der Waals surface area contributed by atoms with Gasteiger partial charge in [-0.2, -0.15) is 0 Å². The Balaban J connectivity index is 2.52. The van der Waals surface area contributed by atoms with Crippen LogP contribution in [0.25, 0.3) is 6.08 Å². The van der Waals surface area contributed by atoms with Crippen LogP contribution in [0, 0.1) is 13.8 Å². The first-order valence-electron chi connectivity index (χ1n) is 4.68. The van der Waals surface area contributed by atoms with Crippen molar-refractivity contribution in [3.8, 4) is 5.75 Å². The molecule has 0 aromatic heterocycles. The highest BCUT2D eigenvalue weighted by Crippen LogP contribution is 2.26. The maximum atomic E-state index is 5.62. The lowest BCUT2D eigenvalue weighted by Crippen LogP contribution is -1.96. The number of hydrogen-bond acceptors (Lipinski definition) is 1. The molecule has 0 spiro atoms.